The van der Waals surface area contributed by atoms with Crippen LogP contribution in [0.25, 0.3) is 10.9 Å². The van der Waals surface area contributed by atoms with Crippen LogP contribution in [-0.2, 0) is 6.54 Å². The Morgan fingerprint density at radius 1 is 1.06 bits per heavy atom. The number of amides is 1. The summed E-state index contributed by atoms with van der Waals surface area (Å²) in [5, 5.41) is 5.27. The van der Waals surface area contributed by atoms with Gasteiger partial charge in [-0.25, -0.2) is 5.43 Å². The molecule has 0 unspecified atom stereocenters. The van der Waals surface area contributed by atoms with E-state index in [9.17, 15) is 4.79 Å². The van der Waals surface area contributed by atoms with Crippen LogP contribution in [-0.4, -0.2) is 23.3 Å². The molecule has 0 bridgehead atoms. The molecule has 1 N–H and O–H groups in total. The first kappa shape index (κ1) is 20.9. The summed E-state index contributed by atoms with van der Waals surface area (Å²) in [5.41, 5.74) is 6.39. The fraction of sp³-hybridized carbons (Fsp3) is 0.120. The minimum absolute atomic E-state index is 0.266. The molecule has 31 heavy (non-hydrogen) atoms. The van der Waals surface area contributed by atoms with E-state index in [1.54, 1.807) is 30.5 Å². The highest BCUT2D eigenvalue weighted by atomic mass is 79.9. The summed E-state index contributed by atoms with van der Waals surface area (Å²) in [4.78, 5) is 12.4. The van der Waals surface area contributed by atoms with Crippen LogP contribution in [0.1, 0.15) is 28.4 Å². The number of aromatic nitrogens is 1. The van der Waals surface area contributed by atoms with Gasteiger partial charge in [-0.15, -0.1) is 0 Å². The van der Waals surface area contributed by atoms with Gasteiger partial charge in [-0.05, 0) is 55.0 Å². The number of hydrogen-bond donors (Lipinski definition) is 1. The van der Waals surface area contributed by atoms with Crippen molar-refractivity contribution in [1.82, 2.24) is 9.99 Å². The van der Waals surface area contributed by atoms with E-state index >= 15 is 0 Å². The predicted molar refractivity (Wildman–Crippen MR) is 128 cm³/mol. The van der Waals surface area contributed by atoms with Crippen molar-refractivity contribution in [3.05, 3.63) is 100 Å². The van der Waals surface area contributed by atoms with Gasteiger partial charge in [0.05, 0.1) is 12.8 Å². The quantitative estimate of drug-likeness (QED) is 0.278. The minimum Gasteiger partial charge on any atom is -0.494 e. The minimum atomic E-state index is -0.266. The maximum Gasteiger partial charge on any atom is 0.271 e. The van der Waals surface area contributed by atoms with Crippen molar-refractivity contribution in [2.75, 3.05) is 6.61 Å². The number of para-hydroxylation sites is 1. The molecular weight excluding hydrogens is 454 g/mol. The molecule has 3 aromatic carbocycles. The first-order valence-electron chi connectivity index (χ1n) is 10.0. The molecule has 1 aromatic heterocycles. The molecule has 0 aliphatic carbocycles. The average molecular weight is 476 g/mol. The molecule has 0 saturated carbocycles. The van der Waals surface area contributed by atoms with E-state index in [0.29, 0.717) is 12.2 Å². The summed E-state index contributed by atoms with van der Waals surface area (Å²) >= 11 is 3.48. The smallest absolute Gasteiger partial charge is 0.271 e. The van der Waals surface area contributed by atoms with Crippen molar-refractivity contribution in [2.24, 2.45) is 5.10 Å². The topological polar surface area (TPSA) is 55.6 Å². The fourth-order valence-corrected chi connectivity index (χ4v) is 3.65. The Bertz CT molecular complexity index is 1210. The van der Waals surface area contributed by atoms with Gasteiger partial charge in [-0.1, -0.05) is 46.3 Å². The van der Waals surface area contributed by atoms with Gasteiger partial charge in [0.15, 0.2) is 0 Å². The first-order chi connectivity index (χ1) is 15.1. The third-order valence-electron chi connectivity index (χ3n) is 4.88. The van der Waals surface area contributed by atoms with E-state index in [1.165, 1.54) is 5.56 Å². The molecule has 4 rings (SSSR count). The summed E-state index contributed by atoms with van der Waals surface area (Å²) in [7, 11) is 0. The number of hydrazone groups is 1. The molecule has 5 nitrogen and oxygen atoms in total. The number of carbonyl (C=O) groups excluding carboxylic acids is 1. The van der Waals surface area contributed by atoms with Crippen molar-refractivity contribution in [1.29, 1.82) is 0 Å². The third kappa shape index (κ3) is 5.03. The van der Waals surface area contributed by atoms with Crippen molar-refractivity contribution in [3.8, 4) is 5.75 Å². The van der Waals surface area contributed by atoms with Gasteiger partial charge < -0.3 is 9.30 Å². The number of nitrogens with zero attached hydrogens (tertiary/aromatic N) is 2. The van der Waals surface area contributed by atoms with Crippen LogP contribution < -0.4 is 10.2 Å². The zero-order valence-corrected chi connectivity index (χ0v) is 18.7. The summed E-state index contributed by atoms with van der Waals surface area (Å²) in [6.45, 7) is 3.26. The summed E-state index contributed by atoms with van der Waals surface area (Å²) < 4.78 is 8.65. The predicted octanol–water partition coefficient (Wildman–Crippen LogP) is 5.61. The summed E-state index contributed by atoms with van der Waals surface area (Å²) in [6, 6.07) is 23.5. The second-order valence-corrected chi connectivity index (χ2v) is 7.93. The van der Waals surface area contributed by atoms with Gasteiger partial charge in [0, 0.05) is 39.2 Å². The number of fused-ring (bicyclic) bond motifs is 1. The molecule has 1 amide bonds. The number of carbonyl (C=O) groups is 1. The van der Waals surface area contributed by atoms with E-state index < -0.39 is 0 Å². The van der Waals surface area contributed by atoms with Gasteiger partial charge in [0.25, 0.3) is 5.91 Å². The normalized spacial score (nSPS) is 11.2. The highest BCUT2D eigenvalue weighted by Gasteiger charge is 2.08. The Morgan fingerprint density at radius 2 is 1.81 bits per heavy atom. The average Bonchev–Trinajstić information content (AvgIpc) is 3.13. The first-order valence-corrected chi connectivity index (χ1v) is 10.8. The standard InChI is InChI=1S/C25H22BrN3O2/c1-2-31-22-13-9-19(10-14-22)25(30)28-27-15-20-17-29(24-6-4-3-5-23(20)24)16-18-7-11-21(26)12-8-18/h3-15,17H,2,16H2,1H3,(H,28,30)/b27-15+. The highest BCUT2D eigenvalue weighted by Crippen LogP contribution is 2.22. The van der Waals surface area contributed by atoms with Crippen LogP contribution in [0, 0.1) is 0 Å². The largest absolute Gasteiger partial charge is 0.494 e. The molecule has 1 heterocycles. The number of benzene rings is 3. The molecule has 156 valence electrons. The molecule has 0 fully saturated rings. The van der Waals surface area contributed by atoms with Crippen LogP contribution in [0.15, 0.2) is 88.6 Å². The van der Waals surface area contributed by atoms with E-state index in [4.69, 9.17) is 4.74 Å². The third-order valence-corrected chi connectivity index (χ3v) is 5.41. The Labute approximate surface area is 189 Å². The maximum absolute atomic E-state index is 12.4. The Morgan fingerprint density at radius 3 is 2.55 bits per heavy atom. The van der Waals surface area contributed by atoms with Gasteiger partial charge in [0.1, 0.15) is 5.75 Å². The molecule has 6 heteroatoms. The molecule has 0 atom stereocenters. The Balaban J connectivity index is 1.50. The van der Waals surface area contributed by atoms with Gasteiger partial charge in [-0.3, -0.25) is 4.79 Å². The molecule has 0 saturated heterocycles. The monoisotopic (exact) mass is 475 g/mol. The molecular formula is C25H22BrN3O2. The van der Waals surface area contributed by atoms with E-state index in [1.807, 2.05) is 31.2 Å². The second kappa shape index (κ2) is 9.62. The Hall–Kier alpha value is -3.38. The van der Waals surface area contributed by atoms with Crippen molar-refractivity contribution in [3.63, 3.8) is 0 Å². The summed E-state index contributed by atoms with van der Waals surface area (Å²) in [6.07, 6.45) is 3.74. The Kier molecular flexibility index (Phi) is 6.48. The van der Waals surface area contributed by atoms with Crippen molar-refractivity contribution >= 4 is 39.0 Å². The molecule has 0 aliphatic rings. The van der Waals surface area contributed by atoms with Crippen LogP contribution in [0.4, 0.5) is 0 Å². The highest BCUT2D eigenvalue weighted by molar-refractivity contribution is 9.10. The zero-order chi connectivity index (χ0) is 21.6. The lowest BCUT2D eigenvalue weighted by Crippen LogP contribution is -2.17. The van der Waals surface area contributed by atoms with Gasteiger partial charge in [-0.2, -0.15) is 5.10 Å². The van der Waals surface area contributed by atoms with Crippen LogP contribution >= 0.6 is 15.9 Å². The van der Waals surface area contributed by atoms with Crippen molar-refractivity contribution < 1.29 is 9.53 Å². The second-order valence-electron chi connectivity index (χ2n) is 7.01. The number of ether oxygens (including phenoxy) is 1. The fourth-order valence-electron chi connectivity index (χ4n) is 3.39. The lowest BCUT2D eigenvalue weighted by atomic mass is 10.2. The number of hydrogen-bond acceptors (Lipinski definition) is 3. The summed E-state index contributed by atoms with van der Waals surface area (Å²) in [5.74, 6) is 0.471. The number of halogens is 1. The zero-order valence-electron chi connectivity index (χ0n) is 17.1. The molecule has 0 aliphatic heterocycles. The molecule has 4 aromatic rings. The molecule has 0 radical (unpaired) electrons. The van der Waals surface area contributed by atoms with Crippen LogP contribution in [0.2, 0.25) is 0 Å². The van der Waals surface area contributed by atoms with Crippen LogP contribution in [0.3, 0.4) is 0 Å². The lowest BCUT2D eigenvalue weighted by Gasteiger charge is -2.05. The van der Waals surface area contributed by atoms with Gasteiger partial charge in [0.2, 0.25) is 0 Å². The van der Waals surface area contributed by atoms with Gasteiger partial charge >= 0.3 is 0 Å². The van der Waals surface area contributed by atoms with E-state index in [0.717, 1.165) is 33.2 Å². The van der Waals surface area contributed by atoms with E-state index in [2.05, 4.69) is 61.5 Å². The SMILES string of the molecule is CCOc1ccc(C(=O)N/N=C/c2cn(Cc3ccc(Br)cc3)c3ccccc23)cc1. The number of rotatable bonds is 7. The van der Waals surface area contributed by atoms with Crippen LogP contribution in [0.5, 0.6) is 5.75 Å². The molecule has 0 spiro atoms. The van der Waals surface area contributed by atoms with Crippen molar-refractivity contribution in [2.45, 2.75) is 13.5 Å². The van der Waals surface area contributed by atoms with E-state index in [-0.39, 0.29) is 5.91 Å². The maximum atomic E-state index is 12.4. The number of nitrogens with one attached hydrogen (secondary N) is 1. The lowest BCUT2D eigenvalue weighted by molar-refractivity contribution is 0.0955.